The Hall–Kier alpha value is -3.93. The van der Waals surface area contributed by atoms with E-state index < -0.39 is 0 Å². The van der Waals surface area contributed by atoms with Gasteiger partial charge >= 0.3 is 0 Å². The van der Waals surface area contributed by atoms with E-state index in [9.17, 15) is 9.59 Å². The summed E-state index contributed by atoms with van der Waals surface area (Å²) in [6.45, 7) is 6.79. The van der Waals surface area contributed by atoms with Crippen LogP contribution in [-0.4, -0.2) is 28.3 Å². The topological polar surface area (TPSA) is 71.5 Å². The second kappa shape index (κ2) is 9.69. The van der Waals surface area contributed by atoms with Gasteiger partial charge in [0.2, 0.25) is 0 Å². The van der Waals surface area contributed by atoms with E-state index in [0.717, 1.165) is 34.5 Å². The summed E-state index contributed by atoms with van der Waals surface area (Å²) in [6, 6.07) is 16.9. The van der Waals surface area contributed by atoms with Gasteiger partial charge in [-0.05, 0) is 66.8 Å². The number of amides is 2. The number of pyridine rings is 1. The summed E-state index contributed by atoms with van der Waals surface area (Å²) in [5, 5.41) is 3.26. The van der Waals surface area contributed by atoms with E-state index in [4.69, 9.17) is 4.74 Å². The second-order valence-electron chi connectivity index (χ2n) is 8.12. The number of imide groups is 1. The molecule has 0 bridgehead atoms. The molecule has 0 saturated carbocycles. The average Bonchev–Trinajstić information content (AvgIpc) is 3.05. The van der Waals surface area contributed by atoms with Crippen LogP contribution >= 0.6 is 0 Å². The normalized spacial score (nSPS) is 13.6. The highest BCUT2D eigenvalue weighted by molar-refractivity contribution is 6.36. The highest BCUT2D eigenvalue weighted by atomic mass is 16.5. The second-order valence-corrected chi connectivity index (χ2v) is 8.12. The van der Waals surface area contributed by atoms with E-state index in [1.807, 2.05) is 69.3 Å². The molecule has 2 amide bonds. The van der Waals surface area contributed by atoms with Crippen molar-refractivity contribution in [3.63, 3.8) is 0 Å². The van der Waals surface area contributed by atoms with Gasteiger partial charge in [0.15, 0.2) is 0 Å². The highest BCUT2D eigenvalue weighted by Gasteiger charge is 2.39. The summed E-state index contributed by atoms with van der Waals surface area (Å²) in [4.78, 5) is 32.3. The van der Waals surface area contributed by atoms with E-state index in [2.05, 4.69) is 10.3 Å². The van der Waals surface area contributed by atoms with Crippen molar-refractivity contribution in [1.82, 2.24) is 9.88 Å². The third kappa shape index (κ3) is 4.80. The predicted molar refractivity (Wildman–Crippen MR) is 128 cm³/mol. The van der Waals surface area contributed by atoms with Crippen LogP contribution in [-0.2, 0) is 16.1 Å². The first-order chi connectivity index (χ1) is 16.0. The number of rotatable bonds is 8. The van der Waals surface area contributed by atoms with E-state index in [-0.39, 0.29) is 24.1 Å². The van der Waals surface area contributed by atoms with Crippen LogP contribution in [0.2, 0.25) is 0 Å². The zero-order chi connectivity index (χ0) is 23.4. The smallest absolute Gasteiger partial charge is 0.278 e. The van der Waals surface area contributed by atoms with Crippen molar-refractivity contribution < 1.29 is 14.3 Å². The molecule has 0 spiro atoms. The summed E-state index contributed by atoms with van der Waals surface area (Å²) in [6.07, 6.45) is 4.24. The zero-order valence-electron chi connectivity index (χ0n) is 19.1. The van der Waals surface area contributed by atoms with Crippen molar-refractivity contribution in [2.24, 2.45) is 0 Å². The molecule has 3 aromatic rings. The molecule has 1 aliphatic rings. The Bertz CT molecular complexity index is 1200. The molecule has 0 aliphatic carbocycles. The number of nitrogens with zero attached hydrogens (tertiary/aromatic N) is 2. The van der Waals surface area contributed by atoms with Gasteiger partial charge in [-0.3, -0.25) is 19.5 Å². The van der Waals surface area contributed by atoms with E-state index in [1.165, 1.54) is 4.90 Å². The quantitative estimate of drug-likeness (QED) is 0.505. The number of aromatic nitrogens is 1. The minimum absolute atomic E-state index is 0.157. The van der Waals surface area contributed by atoms with Gasteiger partial charge in [-0.1, -0.05) is 37.3 Å². The number of aryl methyl sites for hydroxylation is 2. The Labute approximate surface area is 193 Å². The Morgan fingerprint density at radius 2 is 1.79 bits per heavy atom. The minimum atomic E-state index is -0.355. The Morgan fingerprint density at radius 1 is 1.00 bits per heavy atom. The molecule has 0 radical (unpaired) electrons. The third-order valence-corrected chi connectivity index (χ3v) is 5.50. The van der Waals surface area contributed by atoms with Crippen LogP contribution in [0.15, 0.2) is 72.7 Å². The first-order valence-electron chi connectivity index (χ1n) is 11.0. The molecule has 1 aliphatic heterocycles. The minimum Gasteiger partial charge on any atom is -0.494 e. The van der Waals surface area contributed by atoms with Crippen LogP contribution in [0.1, 0.15) is 35.6 Å². The van der Waals surface area contributed by atoms with Gasteiger partial charge in [0.1, 0.15) is 11.4 Å². The van der Waals surface area contributed by atoms with E-state index in [0.29, 0.717) is 17.7 Å². The molecule has 0 unspecified atom stereocenters. The number of ether oxygens (including phenoxy) is 1. The van der Waals surface area contributed by atoms with Gasteiger partial charge in [0.05, 0.1) is 18.7 Å². The lowest BCUT2D eigenvalue weighted by Gasteiger charge is -2.15. The lowest BCUT2D eigenvalue weighted by Crippen LogP contribution is -2.32. The highest BCUT2D eigenvalue weighted by Crippen LogP contribution is 2.33. The number of benzene rings is 2. The summed E-state index contributed by atoms with van der Waals surface area (Å²) >= 11 is 0. The molecule has 2 aromatic carbocycles. The first kappa shape index (κ1) is 22.3. The Morgan fingerprint density at radius 3 is 2.48 bits per heavy atom. The number of nitrogens with one attached hydrogen (secondary N) is 1. The van der Waals surface area contributed by atoms with Crippen molar-refractivity contribution in [2.75, 3.05) is 11.9 Å². The maximum Gasteiger partial charge on any atom is 0.278 e. The molecule has 0 atom stereocenters. The Balaban J connectivity index is 1.73. The number of carbonyl (C=O) groups is 2. The molecule has 6 heteroatoms. The summed E-state index contributed by atoms with van der Waals surface area (Å²) in [5.41, 5.74) is 4.93. The van der Waals surface area contributed by atoms with Crippen molar-refractivity contribution in [2.45, 2.75) is 33.7 Å². The number of anilines is 1. The molecule has 0 saturated heterocycles. The van der Waals surface area contributed by atoms with Gasteiger partial charge in [0.25, 0.3) is 11.8 Å². The van der Waals surface area contributed by atoms with Crippen molar-refractivity contribution >= 4 is 23.1 Å². The largest absolute Gasteiger partial charge is 0.494 e. The molecule has 0 fully saturated rings. The first-order valence-corrected chi connectivity index (χ1v) is 11.0. The van der Waals surface area contributed by atoms with E-state index >= 15 is 0 Å². The molecular formula is C27H27N3O3. The fourth-order valence-corrected chi connectivity index (χ4v) is 3.72. The Kier molecular flexibility index (Phi) is 6.54. The summed E-state index contributed by atoms with van der Waals surface area (Å²) in [7, 11) is 0. The van der Waals surface area contributed by atoms with Crippen LogP contribution < -0.4 is 10.1 Å². The fourth-order valence-electron chi connectivity index (χ4n) is 3.72. The van der Waals surface area contributed by atoms with Gasteiger partial charge in [-0.25, -0.2) is 0 Å². The molecule has 4 rings (SSSR count). The van der Waals surface area contributed by atoms with Crippen LogP contribution in [0.5, 0.6) is 5.75 Å². The monoisotopic (exact) mass is 441 g/mol. The van der Waals surface area contributed by atoms with Gasteiger partial charge in [-0.15, -0.1) is 0 Å². The molecule has 1 N–H and O–H groups in total. The average molecular weight is 442 g/mol. The van der Waals surface area contributed by atoms with Gasteiger partial charge in [-0.2, -0.15) is 0 Å². The molecule has 2 heterocycles. The van der Waals surface area contributed by atoms with Gasteiger partial charge in [0, 0.05) is 18.1 Å². The number of carbonyl (C=O) groups excluding carboxylic acids is 2. The molecule has 1 aromatic heterocycles. The standard InChI is InChI=1S/C27H27N3O3/c1-4-14-33-22-11-9-21(10-12-22)24-25(29-23-15-18(2)7-8-19(23)3)27(32)30(26(24)31)17-20-6-5-13-28-16-20/h5-13,15-16,29H,4,14,17H2,1-3H3. The summed E-state index contributed by atoms with van der Waals surface area (Å²) in [5.74, 6) is 0.0409. The maximum absolute atomic E-state index is 13.5. The third-order valence-electron chi connectivity index (χ3n) is 5.50. The van der Waals surface area contributed by atoms with Crippen LogP contribution in [0, 0.1) is 13.8 Å². The summed E-state index contributed by atoms with van der Waals surface area (Å²) < 4.78 is 5.67. The predicted octanol–water partition coefficient (Wildman–Crippen LogP) is 4.88. The molecule has 168 valence electrons. The van der Waals surface area contributed by atoms with Crippen LogP contribution in [0.3, 0.4) is 0 Å². The van der Waals surface area contributed by atoms with Crippen LogP contribution in [0.4, 0.5) is 5.69 Å². The van der Waals surface area contributed by atoms with Crippen molar-refractivity contribution in [3.8, 4) is 5.75 Å². The molecule has 33 heavy (non-hydrogen) atoms. The number of hydrogen-bond donors (Lipinski definition) is 1. The van der Waals surface area contributed by atoms with Crippen LogP contribution in [0.25, 0.3) is 5.57 Å². The van der Waals surface area contributed by atoms with E-state index in [1.54, 1.807) is 18.5 Å². The lowest BCUT2D eigenvalue weighted by atomic mass is 10.0. The number of hydrogen-bond acceptors (Lipinski definition) is 5. The lowest BCUT2D eigenvalue weighted by molar-refractivity contribution is -0.137. The molecular weight excluding hydrogens is 414 g/mol. The zero-order valence-corrected chi connectivity index (χ0v) is 19.1. The van der Waals surface area contributed by atoms with Gasteiger partial charge < -0.3 is 10.1 Å². The fraction of sp³-hybridized carbons (Fsp3) is 0.222. The van der Waals surface area contributed by atoms with Crippen molar-refractivity contribution in [1.29, 1.82) is 0 Å². The maximum atomic E-state index is 13.5. The SMILES string of the molecule is CCCOc1ccc(C2=C(Nc3cc(C)ccc3C)C(=O)N(Cc3cccnc3)C2=O)cc1. The molecule has 6 nitrogen and oxygen atoms in total. The van der Waals surface area contributed by atoms with Crippen molar-refractivity contribution in [3.05, 3.63) is 94.9 Å².